The Kier molecular flexibility index (Phi) is 5.40. The van der Waals surface area contributed by atoms with Crippen molar-refractivity contribution in [2.24, 2.45) is 5.41 Å². The van der Waals surface area contributed by atoms with Crippen LogP contribution in [0.4, 0.5) is 0 Å². The van der Waals surface area contributed by atoms with Crippen molar-refractivity contribution >= 4 is 5.97 Å². The predicted molar refractivity (Wildman–Crippen MR) is 69.2 cm³/mol. The molecule has 0 radical (unpaired) electrons. The van der Waals surface area contributed by atoms with Gasteiger partial charge in [-0.15, -0.1) is 0 Å². The summed E-state index contributed by atoms with van der Waals surface area (Å²) >= 11 is 0. The molecule has 0 atom stereocenters. The average molecular weight is 242 g/mol. The van der Waals surface area contributed by atoms with Crippen LogP contribution in [0.5, 0.6) is 0 Å². The lowest BCUT2D eigenvalue weighted by Crippen LogP contribution is -2.47. The number of carbonyl (C=O) groups is 1. The van der Waals surface area contributed by atoms with Gasteiger partial charge in [-0.3, -0.25) is 4.79 Å². The van der Waals surface area contributed by atoms with E-state index in [1.165, 1.54) is 6.42 Å². The third-order valence-corrected chi connectivity index (χ3v) is 3.28. The van der Waals surface area contributed by atoms with Crippen LogP contribution in [0.2, 0.25) is 0 Å². The van der Waals surface area contributed by atoms with Gasteiger partial charge in [0, 0.05) is 32.7 Å². The molecule has 1 aliphatic heterocycles. The highest BCUT2D eigenvalue weighted by molar-refractivity contribution is 5.66. The van der Waals surface area contributed by atoms with Crippen molar-refractivity contribution in [1.82, 2.24) is 9.80 Å². The predicted octanol–water partition coefficient (Wildman–Crippen LogP) is 1.51. The highest BCUT2D eigenvalue weighted by atomic mass is 16.4. The maximum absolute atomic E-state index is 10.5. The quantitative estimate of drug-likeness (QED) is 0.794. The summed E-state index contributed by atoms with van der Waals surface area (Å²) in [5, 5.41) is 8.63. The molecule has 0 spiro atoms. The fourth-order valence-corrected chi connectivity index (χ4v) is 1.98. The van der Waals surface area contributed by atoms with Gasteiger partial charge in [-0.25, -0.2) is 0 Å². The van der Waals surface area contributed by atoms with Gasteiger partial charge in [-0.05, 0) is 18.4 Å². The van der Waals surface area contributed by atoms with E-state index in [0.717, 1.165) is 32.7 Å². The minimum absolute atomic E-state index is 0.266. The Bertz CT molecular complexity index is 240. The van der Waals surface area contributed by atoms with Crippen molar-refractivity contribution in [2.75, 3.05) is 39.3 Å². The Morgan fingerprint density at radius 3 is 1.94 bits per heavy atom. The minimum atomic E-state index is -0.694. The lowest BCUT2D eigenvalue weighted by Gasteiger charge is -2.35. The molecule has 0 unspecified atom stereocenters. The van der Waals surface area contributed by atoms with Crippen LogP contribution >= 0.6 is 0 Å². The SMILES string of the molecule is CC(C)(C)CCN1CCN(CCC(=O)O)CC1. The summed E-state index contributed by atoms with van der Waals surface area (Å²) in [6.07, 6.45) is 1.49. The first-order chi connectivity index (χ1) is 7.87. The lowest BCUT2D eigenvalue weighted by atomic mass is 9.92. The summed E-state index contributed by atoms with van der Waals surface area (Å²) in [6, 6.07) is 0. The maximum Gasteiger partial charge on any atom is 0.304 e. The third kappa shape index (κ3) is 6.64. The molecule has 1 N–H and O–H groups in total. The van der Waals surface area contributed by atoms with Gasteiger partial charge < -0.3 is 14.9 Å². The second-order valence-electron chi connectivity index (χ2n) is 6.14. The largest absolute Gasteiger partial charge is 0.481 e. The van der Waals surface area contributed by atoms with E-state index in [9.17, 15) is 4.79 Å². The molecule has 1 fully saturated rings. The van der Waals surface area contributed by atoms with Gasteiger partial charge in [0.05, 0.1) is 6.42 Å². The summed E-state index contributed by atoms with van der Waals surface area (Å²) in [5.74, 6) is -0.694. The normalized spacial score (nSPS) is 19.5. The van der Waals surface area contributed by atoms with E-state index in [1.54, 1.807) is 0 Å². The first-order valence-corrected chi connectivity index (χ1v) is 6.53. The number of carboxylic acid groups (broad SMARTS) is 1. The van der Waals surface area contributed by atoms with Crippen molar-refractivity contribution in [3.8, 4) is 0 Å². The van der Waals surface area contributed by atoms with Crippen LogP contribution in [0.25, 0.3) is 0 Å². The topological polar surface area (TPSA) is 43.8 Å². The Morgan fingerprint density at radius 2 is 1.53 bits per heavy atom. The molecule has 0 amide bonds. The van der Waals surface area contributed by atoms with Crippen LogP contribution in [0, 0.1) is 5.41 Å². The maximum atomic E-state index is 10.5. The number of rotatable bonds is 5. The molecule has 0 aromatic rings. The second-order valence-corrected chi connectivity index (χ2v) is 6.14. The van der Waals surface area contributed by atoms with Crippen LogP contribution < -0.4 is 0 Å². The van der Waals surface area contributed by atoms with Crippen molar-refractivity contribution < 1.29 is 9.90 Å². The summed E-state index contributed by atoms with van der Waals surface area (Å²) < 4.78 is 0. The van der Waals surface area contributed by atoms with Gasteiger partial charge in [0.2, 0.25) is 0 Å². The Morgan fingerprint density at radius 1 is 1.06 bits per heavy atom. The van der Waals surface area contributed by atoms with Crippen molar-refractivity contribution in [3.05, 3.63) is 0 Å². The van der Waals surface area contributed by atoms with Crippen LogP contribution in [0.15, 0.2) is 0 Å². The average Bonchev–Trinajstić information content (AvgIpc) is 2.24. The van der Waals surface area contributed by atoms with E-state index in [-0.39, 0.29) is 6.42 Å². The van der Waals surface area contributed by atoms with Crippen LogP contribution in [0.1, 0.15) is 33.6 Å². The zero-order valence-corrected chi connectivity index (χ0v) is 11.4. The minimum Gasteiger partial charge on any atom is -0.481 e. The Balaban J connectivity index is 2.15. The van der Waals surface area contributed by atoms with E-state index in [2.05, 4.69) is 30.6 Å². The summed E-state index contributed by atoms with van der Waals surface area (Å²) in [6.45, 7) is 12.9. The summed E-state index contributed by atoms with van der Waals surface area (Å²) in [4.78, 5) is 15.2. The number of aliphatic carboxylic acids is 1. The monoisotopic (exact) mass is 242 g/mol. The zero-order valence-electron chi connectivity index (χ0n) is 11.4. The van der Waals surface area contributed by atoms with E-state index < -0.39 is 5.97 Å². The number of piperazine rings is 1. The fraction of sp³-hybridized carbons (Fsp3) is 0.923. The van der Waals surface area contributed by atoms with E-state index >= 15 is 0 Å². The Hall–Kier alpha value is -0.610. The molecule has 0 bridgehead atoms. The summed E-state index contributed by atoms with van der Waals surface area (Å²) in [5.41, 5.74) is 0.403. The second kappa shape index (κ2) is 6.36. The van der Waals surface area contributed by atoms with E-state index in [0.29, 0.717) is 12.0 Å². The van der Waals surface area contributed by atoms with Gasteiger partial charge in [0.25, 0.3) is 0 Å². The number of carboxylic acids is 1. The standard InChI is InChI=1S/C13H26N2O2/c1-13(2,3)5-7-15-10-8-14(9-11-15)6-4-12(16)17/h4-11H2,1-3H3,(H,16,17). The first kappa shape index (κ1) is 14.5. The molecule has 1 saturated heterocycles. The molecule has 0 saturated carbocycles. The van der Waals surface area contributed by atoms with E-state index in [1.807, 2.05) is 0 Å². The lowest BCUT2D eigenvalue weighted by molar-refractivity contribution is -0.137. The van der Waals surface area contributed by atoms with Crippen molar-refractivity contribution in [3.63, 3.8) is 0 Å². The van der Waals surface area contributed by atoms with Crippen LogP contribution in [0.3, 0.4) is 0 Å². The highest BCUT2D eigenvalue weighted by Gasteiger charge is 2.19. The first-order valence-electron chi connectivity index (χ1n) is 6.53. The molecular weight excluding hydrogens is 216 g/mol. The van der Waals surface area contributed by atoms with Crippen LogP contribution in [-0.2, 0) is 4.79 Å². The van der Waals surface area contributed by atoms with Gasteiger partial charge in [-0.1, -0.05) is 20.8 Å². The molecule has 4 heteroatoms. The fourth-order valence-electron chi connectivity index (χ4n) is 1.98. The number of hydrogen-bond acceptors (Lipinski definition) is 3. The smallest absolute Gasteiger partial charge is 0.304 e. The van der Waals surface area contributed by atoms with Crippen molar-refractivity contribution in [1.29, 1.82) is 0 Å². The Labute approximate surface area is 105 Å². The molecular formula is C13H26N2O2. The van der Waals surface area contributed by atoms with Gasteiger partial charge >= 0.3 is 5.97 Å². The third-order valence-electron chi connectivity index (χ3n) is 3.28. The molecule has 1 aliphatic rings. The van der Waals surface area contributed by atoms with Gasteiger partial charge in [-0.2, -0.15) is 0 Å². The highest BCUT2D eigenvalue weighted by Crippen LogP contribution is 2.19. The molecule has 100 valence electrons. The number of nitrogens with zero attached hydrogens (tertiary/aromatic N) is 2. The molecule has 0 aromatic carbocycles. The summed E-state index contributed by atoms with van der Waals surface area (Å²) in [7, 11) is 0. The van der Waals surface area contributed by atoms with Gasteiger partial charge in [0.1, 0.15) is 0 Å². The molecule has 1 heterocycles. The van der Waals surface area contributed by atoms with Crippen molar-refractivity contribution in [2.45, 2.75) is 33.6 Å². The zero-order chi connectivity index (χ0) is 12.9. The molecule has 1 rings (SSSR count). The molecule has 17 heavy (non-hydrogen) atoms. The van der Waals surface area contributed by atoms with E-state index in [4.69, 9.17) is 5.11 Å². The molecule has 0 aromatic heterocycles. The molecule has 4 nitrogen and oxygen atoms in total. The van der Waals surface area contributed by atoms with Gasteiger partial charge in [0.15, 0.2) is 0 Å². The number of hydrogen-bond donors (Lipinski definition) is 1. The molecule has 0 aliphatic carbocycles. The van der Waals surface area contributed by atoms with Crippen LogP contribution in [-0.4, -0.2) is 60.1 Å².